The number of benzene rings is 1. The minimum absolute atomic E-state index is 0.0233. The molecule has 0 spiro atoms. The number of carbonyl (C=O) groups excluding carboxylic acids is 1. The number of sulfonamides is 1. The predicted octanol–water partition coefficient (Wildman–Crippen LogP) is 4.72. The minimum atomic E-state index is -4.45. The number of alkyl halides is 5. The van der Waals surface area contributed by atoms with Gasteiger partial charge in [0.15, 0.2) is 6.30 Å². The minimum Gasteiger partial charge on any atom is -0.493 e. The number of piperidine rings is 2. The number of amides is 1. The monoisotopic (exact) mass is 599 g/mol. The maximum Gasteiger partial charge on any atom is 0.393 e. The number of hydrazine groups is 1. The first kappa shape index (κ1) is 28.8. The Kier molecular flexibility index (Phi) is 7.84. The Hall–Kier alpha value is -1.70. The van der Waals surface area contributed by atoms with Gasteiger partial charge < -0.3 is 4.74 Å². The highest BCUT2D eigenvalue weighted by molar-refractivity contribution is 7.89. The van der Waals surface area contributed by atoms with Gasteiger partial charge in [-0.1, -0.05) is 0 Å². The maximum atomic E-state index is 15.0. The van der Waals surface area contributed by atoms with Crippen LogP contribution in [-0.4, -0.2) is 73.7 Å². The van der Waals surface area contributed by atoms with E-state index in [1.165, 1.54) is 11.1 Å². The van der Waals surface area contributed by atoms with Crippen LogP contribution in [0, 0.1) is 17.7 Å². The molecule has 6 atom stereocenters. The number of fused-ring (bicyclic) bond motifs is 2. The molecule has 3 saturated heterocycles. The number of halogens is 6. The molecule has 4 aliphatic rings. The van der Waals surface area contributed by atoms with Crippen LogP contribution in [0.15, 0.2) is 12.1 Å². The van der Waals surface area contributed by atoms with Gasteiger partial charge in [0.2, 0.25) is 10.0 Å². The average Bonchev–Trinajstić information content (AvgIpc) is 3.62. The lowest BCUT2D eigenvalue weighted by Gasteiger charge is -2.50. The lowest BCUT2D eigenvalue weighted by Crippen LogP contribution is -2.62. The number of nitrogens with zero attached hydrogens (tertiary/aromatic N) is 2. The van der Waals surface area contributed by atoms with E-state index in [9.17, 15) is 30.8 Å². The van der Waals surface area contributed by atoms with Gasteiger partial charge in [-0.15, -0.1) is 11.6 Å². The molecule has 2 bridgehead atoms. The molecule has 1 saturated carbocycles. The topological polar surface area (TPSA) is 78.9 Å². The van der Waals surface area contributed by atoms with Gasteiger partial charge in [-0.05, 0) is 68.4 Å². The first-order valence-corrected chi connectivity index (χ1v) is 15.4. The van der Waals surface area contributed by atoms with E-state index >= 15 is 4.39 Å². The van der Waals surface area contributed by atoms with Crippen molar-refractivity contribution in [3.05, 3.63) is 29.1 Å². The van der Waals surface area contributed by atoms with Gasteiger partial charge in [0.05, 0.1) is 29.7 Å². The Morgan fingerprint density at radius 3 is 2.33 bits per heavy atom. The Bertz CT molecular complexity index is 1200. The molecule has 0 radical (unpaired) electrons. The molecule has 7 nitrogen and oxygen atoms in total. The number of nitrogens with one attached hydrogen (secondary N) is 1. The number of hydrogen-bond acceptors (Lipinski definition) is 6. The zero-order chi connectivity index (χ0) is 28.3. The van der Waals surface area contributed by atoms with Crippen LogP contribution in [0.1, 0.15) is 66.8 Å². The second-order valence-electron chi connectivity index (χ2n) is 11.2. The van der Waals surface area contributed by atoms with Crippen LogP contribution in [0.3, 0.4) is 0 Å². The Labute approximate surface area is 229 Å². The predicted molar refractivity (Wildman–Crippen MR) is 133 cm³/mol. The third kappa shape index (κ3) is 6.31. The summed E-state index contributed by atoms with van der Waals surface area (Å²) in [4.78, 5) is 12.3. The summed E-state index contributed by atoms with van der Waals surface area (Å²) in [6, 6.07) is 2.15. The van der Waals surface area contributed by atoms with E-state index in [2.05, 4.69) is 0 Å². The molecule has 14 heteroatoms. The number of ether oxygens (including phenoxy) is 1. The van der Waals surface area contributed by atoms with Crippen molar-refractivity contribution in [3.8, 4) is 5.75 Å². The molecule has 5 rings (SSSR count). The Morgan fingerprint density at radius 1 is 1.13 bits per heavy atom. The van der Waals surface area contributed by atoms with Crippen LogP contribution >= 0.6 is 11.6 Å². The first-order valence-electron chi connectivity index (χ1n) is 13.1. The SMILES string of the molecule is CS(=O)(=O)NC(=O)c1cc(C2CC2)c(OC[C@@H]2C[C@H]3CC[C@@H](C2)N3N2CC(C(F)(F)F)CC(Cl)C2F)cc1F. The van der Waals surface area contributed by atoms with Crippen LogP contribution < -0.4 is 9.46 Å². The lowest BCUT2D eigenvalue weighted by molar-refractivity contribution is -0.235. The highest BCUT2D eigenvalue weighted by Crippen LogP contribution is 2.47. The second-order valence-corrected chi connectivity index (χ2v) is 13.6. The molecular weight excluding hydrogens is 569 g/mol. The van der Waals surface area contributed by atoms with Crippen LogP contribution in [0.5, 0.6) is 5.75 Å². The fourth-order valence-electron chi connectivity index (χ4n) is 6.27. The highest BCUT2D eigenvalue weighted by Gasteiger charge is 2.53. The molecule has 3 unspecified atom stereocenters. The summed E-state index contributed by atoms with van der Waals surface area (Å²) in [5.41, 5.74) is 0.258. The summed E-state index contributed by atoms with van der Waals surface area (Å²) in [5.74, 6) is -3.25. The van der Waals surface area contributed by atoms with E-state index in [0.717, 1.165) is 38.0 Å². The molecular formula is C25H31ClF5N3O4S. The van der Waals surface area contributed by atoms with Crippen molar-refractivity contribution in [2.75, 3.05) is 19.4 Å². The standard InChI is InChI=1S/C25H31ClF5N3O4S/c1-39(36,37)32-24(35)19-9-18(14-2-3-14)22(10-21(19)27)38-12-13-6-16-4-5-17(7-13)34(16)33-11-15(25(29,30)31)8-20(26)23(33)28/h9-10,13-17,20,23H,2-8,11-12H2,1H3,(H,32,35)/t13-,15?,16-,17+,20?,23?. The van der Waals surface area contributed by atoms with Crippen LogP contribution in [0.2, 0.25) is 0 Å². The van der Waals surface area contributed by atoms with E-state index in [4.69, 9.17) is 16.3 Å². The van der Waals surface area contributed by atoms with Gasteiger partial charge in [0.25, 0.3) is 5.91 Å². The maximum absolute atomic E-state index is 15.0. The Morgan fingerprint density at radius 2 is 1.77 bits per heavy atom. The summed E-state index contributed by atoms with van der Waals surface area (Å²) in [6.07, 6.45) is -1.51. The molecule has 1 aromatic carbocycles. The van der Waals surface area contributed by atoms with Gasteiger partial charge in [-0.3, -0.25) is 4.79 Å². The van der Waals surface area contributed by atoms with E-state index in [-0.39, 0.29) is 36.1 Å². The van der Waals surface area contributed by atoms with Gasteiger partial charge in [-0.2, -0.15) is 13.2 Å². The summed E-state index contributed by atoms with van der Waals surface area (Å²) >= 11 is 6.02. The molecule has 1 aliphatic carbocycles. The van der Waals surface area contributed by atoms with Crippen molar-refractivity contribution in [3.63, 3.8) is 0 Å². The van der Waals surface area contributed by atoms with E-state index in [0.29, 0.717) is 24.2 Å². The molecule has 218 valence electrons. The summed E-state index contributed by atoms with van der Waals surface area (Å²) in [6.45, 7) is -0.220. The van der Waals surface area contributed by atoms with Crippen molar-refractivity contribution in [1.82, 2.24) is 14.7 Å². The fourth-order valence-corrected chi connectivity index (χ4v) is 7.06. The van der Waals surface area contributed by atoms with Crippen molar-refractivity contribution < 1.29 is 39.9 Å². The summed E-state index contributed by atoms with van der Waals surface area (Å²) in [7, 11) is -3.87. The zero-order valence-corrected chi connectivity index (χ0v) is 22.8. The van der Waals surface area contributed by atoms with Gasteiger partial charge in [-0.25, -0.2) is 31.9 Å². The highest BCUT2D eigenvalue weighted by atomic mass is 35.5. The molecule has 3 aliphatic heterocycles. The molecule has 1 N–H and O–H groups in total. The van der Waals surface area contributed by atoms with Gasteiger partial charge >= 0.3 is 6.18 Å². The first-order chi connectivity index (χ1) is 18.2. The van der Waals surface area contributed by atoms with Crippen molar-refractivity contribution in [1.29, 1.82) is 0 Å². The summed E-state index contributed by atoms with van der Waals surface area (Å²) in [5, 5.41) is 1.72. The number of carbonyl (C=O) groups is 1. The summed E-state index contributed by atoms with van der Waals surface area (Å²) < 4.78 is 101. The van der Waals surface area contributed by atoms with Crippen LogP contribution in [-0.2, 0) is 10.0 Å². The van der Waals surface area contributed by atoms with Crippen molar-refractivity contribution >= 4 is 27.5 Å². The van der Waals surface area contributed by atoms with Crippen molar-refractivity contribution in [2.24, 2.45) is 11.8 Å². The van der Waals surface area contributed by atoms with E-state index in [1.54, 1.807) is 9.73 Å². The van der Waals surface area contributed by atoms with Crippen LogP contribution in [0.4, 0.5) is 22.0 Å². The molecule has 1 aromatic rings. The zero-order valence-electron chi connectivity index (χ0n) is 21.3. The van der Waals surface area contributed by atoms with Gasteiger partial charge in [0, 0.05) is 24.7 Å². The number of rotatable bonds is 7. The second kappa shape index (κ2) is 10.6. The molecule has 4 fully saturated rings. The lowest BCUT2D eigenvalue weighted by atomic mass is 9.91. The van der Waals surface area contributed by atoms with E-state index in [1.807, 2.05) is 0 Å². The van der Waals surface area contributed by atoms with Crippen LogP contribution in [0.25, 0.3) is 0 Å². The third-order valence-electron chi connectivity index (χ3n) is 8.17. The third-order valence-corrected chi connectivity index (χ3v) is 9.11. The number of hydrogen-bond donors (Lipinski definition) is 1. The average molecular weight is 600 g/mol. The van der Waals surface area contributed by atoms with E-state index < -0.39 is 58.5 Å². The molecule has 1 amide bonds. The largest absolute Gasteiger partial charge is 0.493 e. The normalized spacial score (nSPS) is 32.3. The Balaban J connectivity index is 1.26. The molecule has 0 aromatic heterocycles. The fraction of sp³-hybridized carbons (Fsp3) is 0.720. The molecule has 3 heterocycles. The van der Waals surface area contributed by atoms with Crippen molar-refractivity contribution in [2.45, 2.75) is 80.8 Å². The molecule has 39 heavy (non-hydrogen) atoms. The quantitative estimate of drug-likeness (QED) is 0.278. The smallest absolute Gasteiger partial charge is 0.393 e. The van der Waals surface area contributed by atoms with Gasteiger partial charge in [0.1, 0.15) is 11.6 Å².